The molecule has 0 aromatic heterocycles. The summed E-state index contributed by atoms with van der Waals surface area (Å²) in [5.74, 6) is -0.00721. The fraction of sp³-hybridized carbons (Fsp3) is 0.875. The molecule has 1 saturated carbocycles. The maximum absolute atomic E-state index is 12.3. The summed E-state index contributed by atoms with van der Waals surface area (Å²) in [6.07, 6.45) is 7.14. The van der Waals surface area contributed by atoms with Gasteiger partial charge in [-0.3, -0.25) is 4.79 Å². The van der Waals surface area contributed by atoms with Gasteiger partial charge in [0.2, 0.25) is 5.91 Å². The molecule has 21 heavy (non-hydrogen) atoms. The molecule has 1 heterocycles. The SMILES string of the molecule is C[C@@H](CC(=O)N1CCC(O)(C(=O)O)CC1)C1CCCCC1. The van der Waals surface area contributed by atoms with Gasteiger partial charge in [0.05, 0.1) is 0 Å². The molecule has 0 unspecified atom stereocenters. The molecule has 1 saturated heterocycles. The molecule has 2 N–H and O–H groups in total. The minimum atomic E-state index is -1.65. The minimum absolute atomic E-state index is 0.112. The van der Waals surface area contributed by atoms with E-state index in [1.807, 2.05) is 0 Å². The first kappa shape index (κ1) is 16.3. The maximum Gasteiger partial charge on any atom is 0.335 e. The Bertz CT molecular complexity index is 382. The number of carboxylic acid groups (broad SMARTS) is 1. The largest absolute Gasteiger partial charge is 0.479 e. The van der Waals surface area contributed by atoms with Crippen LogP contribution < -0.4 is 0 Å². The number of likely N-dealkylation sites (tertiary alicyclic amines) is 1. The number of aliphatic carboxylic acids is 1. The van der Waals surface area contributed by atoms with Crippen molar-refractivity contribution >= 4 is 11.9 Å². The molecule has 5 nitrogen and oxygen atoms in total. The van der Waals surface area contributed by atoms with Gasteiger partial charge in [-0.25, -0.2) is 4.79 Å². The summed E-state index contributed by atoms with van der Waals surface area (Å²) in [5.41, 5.74) is -1.65. The normalized spacial score (nSPS) is 24.6. The number of nitrogens with zero attached hydrogens (tertiary/aromatic N) is 1. The van der Waals surface area contributed by atoms with E-state index in [0.717, 1.165) is 0 Å². The number of hydrogen-bond acceptors (Lipinski definition) is 3. The summed E-state index contributed by atoms with van der Waals surface area (Å²) < 4.78 is 0. The van der Waals surface area contributed by atoms with Crippen LogP contribution in [0, 0.1) is 11.8 Å². The van der Waals surface area contributed by atoms with Crippen molar-refractivity contribution < 1.29 is 19.8 Å². The van der Waals surface area contributed by atoms with E-state index >= 15 is 0 Å². The first-order valence-electron chi connectivity index (χ1n) is 8.16. The second kappa shape index (κ2) is 6.77. The average molecular weight is 297 g/mol. The van der Waals surface area contributed by atoms with Crippen molar-refractivity contribution in [1.29, 1.82) is 0 Å². The van der Waals surface area contributed by atoms with E-state index in [1.54, 1.807) is 4.90 Å². The van der Waals surface area contributed by atoms with Crippen molar-refractivity contribution in [2.45, 2.75) is 63.9 Å². The van der Waals surface area contributed by atoms with Crippen LogP contribution in [-0.2, 0) is 9.59 Å². The summed E-state index contributed by atoms with van der Waals surface area (Å²) in [4.78, 5) is 25.0. The Morgan fingerprint density at radius 1 is 1.19 bits per heavy atom. The van der Waals surface area contributed by atoms with Crippen molar-refractivity contribution in [3.8, 4) is 0 Å². The van der Waals surface area contributed by atoms with Crippen LogP contribution in [0.5, 0.6) is 0 Å². The molecule has 0 bridgehead atoms. The fourth-order valence-corrected chi connectivity index (χ4v) is 3.61. The van der Waals surface area contributed by atoms with Crippen molar-refractivity contribution in [3.05, 3.63) is 0 Å². The number of aliphatic hydroxyl groups is 1. The van der Waals surface area contributed by atoms with Gasteiger partial charge in [0.15, 0.2) is 5.60 Å². The second-order valence-corrected chi connectivity index (χ2v) is 6.80. The number of carbonyl (C=O) groups is 2. The van der Waals surface area contributed by atoms with Crippen LogP contribution in [0.2, 0.25) is 0 Å². The third-order valence-electron chi connectivity index (χ3n) is 5.29. The van der Waals surface area contributed by atoms with Gasteiger partial charge in [-0.15, -0.1) is 0 Å². The van der Waals surface area contributed by atoms with E-state index in [2.05, 4.69) is 6.92 Å². The van der Waals surface area contributed by atoms with Crippen molar-refractivity contribution in [2.24, 2.45) is 11.8 Å². The highest BCUT2D eigenvalue weighted by Gasteiger charge is 2.40. The Morgan fingerprint density at radius 2 is 1.76 bits per heavy atom. The van der Waals surface area contributed by atoms with Crippen LogP contribution in [0.25, 0.3) is 0 Å². The lowest BCUT2D eigenvalue weighted by molar-refractivity contribution is -0.165. The monoisotopic (exact) mass is 297 g/mol. The first-order valence-corrected chi connectivity index (χ1v) is 8.16. The molecule has 0 aromatic rings. The van der Waals surface area contributed by atoms with Crippen LogP contribution in [0.1, 0.15) is 58.3 Å². The van der Waals surface area contributed by atoms with Gasteiger partial charge in [-0.2, -0.15) is 0 Å². The molecule has 120 valence electrons. The minimum Gasteiger partial charge on any atom is -0.479 e. The van der Waals surface area contributed by atoms with Gasteiger partial charge in [-0.1, -0.05) is 39.0 Å². The molecule has 0 spiro atoms. The predicted molar refractivity (Wildman–Crippen MR) is 78.8 cm³/mol. The molecular formula is C16H27NO4. The molecule has 0 radical (unpaired) electrons. The van der Waals surface area contributed by atoms with E-state index in [0.29, 0.717) is 31.3 Å². The highest BCUT2D eigenvalue weighted by molar-refractivity contribution is 5.79. The van der Waals surface area contributed by atoms with Gasteiger partial charge in [0.25, 0.3) is 0 Å². The smallest absolute Gasteiger partial charge is 0.335 e. The Morgan fingerprint density at radius 3 is 2.29 bits per heavy atom. The number of carbonyl (C=O) groups excluding carboxylic acids is 1. The summed E-state index contributed by atoms with van der Waals surface area (Å²) in [7, 11) is 0. The van der Waals surface area contributed by atoms with Gasteiger partial charge < -0.3 is 15.1 Å². The van der Waals surface area contributed by atoms with Crippen molar-refractivity contribution in [3.63, 3.8) is 0 Å². The van der Waals surface area contributed by atoms with Crippen molar-refractivity contribution in [1.82, 2.24) is 4.90 Å². The summed E-state index contributed by atoms with van der Waals surface area (Å²) in [6.45, 7) is 2.85. The topological polar surface area (TPSA) is 77.8 Å². The average Bonchev–Trinajstić information content (AvgIpc) is 2.48. The molecule has 2 fully saturated rings. The van der Waals surface area contributed by atoms with E-state index in [4.69, 9.17) is 5.11 Å². The van der Waals surface area contributed by atoms with Gasteiger partial charge >= 0.3 is 5.97 Å². The molecule has 2 aliphatic rings. The quantitative estimate of drug-likeness (QED) is 0.832. The molecule has 1 amide bonds. The Balaban J connectivity index is 1.80. The Hall–Kier alpha value is -1.10. The van der Waals surface area contributed by atoms with E-state index in [9.17, 15) is 14.7 Å². The molecule has 0 aromatic carbocycles. The zero-order chi connectivity index (χ0) is 15.5. The second-order valence-electron chi connectivity index (χ2n) is 6.80. The standard InChI is InChI=1S/C16H27NO4/c1-12(13-5-3-2-4-6-13)11-14(18)17-9-7-16(21,8-10-17)15(19)20/h12-13,21H,2-11H2,1H3,(H,19,20)/t12-/m0/s1. The van der Waals surface area contributed by atoms with Gasteiger partial charge in [0.1, 0.15) is 0 Å². The molecule has 2 rings (SSSR count). The molecule has 1 aliphatic carbocycles. The zero-order valence-corrected chi connectivity index (χ0v) is 12.9. The molecule has 5 heteroatoms. The number of rotatable bonds is 4. The zero-order valence-electron chi connectivity index (χ0n) is 12.9. The van der Waals surface area contributed by atoms with E-state index in [1.165, 1.54) is 32.1 Å². The van der Waals surface area contributed by atoms with Crippen LogP contribution in [-0.4, -0.2) is 45.7 Å². The third-order valence-corrected chi connectivity index (χ3v) is 5.29. The van der Waals surface area contributed by atoms with Crippen LogP contribution in [0.3, 0.4) is 0 Å². The van der Waals surface area contributed by atoms with Crippen molar-refractivity contribution in [2.75, 3.05) is 13.1 Å². The first-order chi connectivity index (χ1) is 9.92. The third kappa shape index (κ3) is 3.96. The van der Waals surface area contributed by atoms with E-state index in [-0.39, 0.29) is 18.7 Å². The van der Waals surface area contributed by atoms with Crippen LogP contribution >= 0.6 is 0 Å². The van der Waals surface area contributed by atoms with E-state index < -0.39 is 11.6 Å². The summed E-state index contributed by atoms with van der Waals surface area (Å²) in [5, 5.41) is 18.9. The lowest BCUT2D eigenvalue weighted by atomic mass is 9.79. The molecule has 1 aliphatic heterocycles. The fourth-order valence-electron chi connectivity index (χ4n) is 3.61. The number of piperidine rings is 1. The van der Waals surface area contributed by atoms with Gasteiger partial charge in [-0.05, 0) is 11.8 Å². The van der Waals surface area contributed by atoms with Crippen LogP contribution in [0.15, 0.2) is 0 Å². The number of hydrogen-bond donors (Lipinski definition) is 2. The van der Waals surface area contributed by atoms with Gasteiger partial charge in [0, 0.05) is 32.4 Å². The Kier molecular flexibility index (Phi) is 5.25. The highest BCUT2D eigenvalue weighted by Crippen LogP contribution is 2.32. The lowest BCUT2D eigenvalue weighted by Crippen LogP contribution is -2.51. The van der Waals surface area contributed by atoms with Crippen LogP contribution in [0.4, 0.5) is 0 Å². The maximum atomic E-state index is 12.3. The number of carboxylic acids is 1. The number of amides is 1. The summed E-state index contributed by atoms with van der Waals surface area (Å²) in [6, 6.07) is 0. The Labute approximate surface area is 126 Å². The predicted octanol–water partition coefficient (Wildman–Crippen LogP) is 2.03. The summed E-state index contributed by atoms with van der Waals surface area (Å²) >= 11 is 0. The molecular weight excluding hydrogens is 270 g/mol. The highest BCUT2D eigenvalue weighted by atomic mass is 16.4. The molecule has 1 atom stereocenters. The lowest BCUT2D eigenvalue weighted by Gasteiger charge is -2.36.